The lowest BCUT2D eigenvalue weighted by atomic mass is 9.67. The highest BCUT2D eigenvalue weighted by atomic mass is 19.4. The number of anilines is 1. The van der Waals surface area contributed by atoms with Gasteiger partial charge < -0.3 is 20.0 Å². The predicted molar refractivity (Wildman–Crippen MR) is 119 cm³/mol. The van der Waals surface area contributed by atoms with Gasteiger partial charge in [0.25, 0.3) is 0 Å². The minimum atomic E-state index is -5.08. The van der Waals surface area contributed by atoms with E-state index in [-0.39, 0.29) is 18.2 Å². The normalized spacial score (nSPS) is 24.9. The second-order valence-electron chi connectivity index (χ2n) is 9.14. The number of nitrogens with one attached hydrogen (secondary N) is 1. The summed E-state index contributed by atoms with van der Waals surface area (Å²) in [5.41, 5.74) is 1.86. The van der Waals surface area contributed by atoms with E-state index in [1.807, 2.05) is 36.9 Å². The third-order valence-corrected chi connectivity index (χ3v) is 6.74. The van der Waals surface area contributed by atoms with Crippen LogP contribution in [-0.4, -0.2) is 76.1 Å². The molecule has 12 heteroatoms. The first-order valence-corrected chi connectivity index (χ1v) is 11.4. The number of piperazine rings is 1. The molecule has 2 amide bonds. The lowest BCUT2D eigenvalue weighted by molar-refractivity contribution is -0.192. The molecular formula is C23H32F3N3O6. The highest BCUT2D eigenvalue weighted by Gasteiger charge is 2.48. The Bertz CT molecular complexity index is 875. The molecule has 4 N–H and O–H groups in total. The molecule has 1 aliphatic heterocycles. The molecule has 1 saturated heterocycles. The topological polar surface area (TPSA) is 130 Å². The van der Waals surface area contributed by atoms with Crippen LogP contribution in [0.2, 0.25) is 0 Å². The molecule has 35 heavy (non-hydrogen) atoms. The molecule has 3 rings (SSSR count). The average Bonchev–Trinajstić information content (AvgIpc) is 2.83. The maximum Gasteiger partial charge on any atom is 0.490 e. The van der Waals surface area contributed by atoms with E-state index < -0.39 is 35.5 Å². The molecule has 1 saturated carbocycles. The van der Waals surface area contributed by atoms with Crippen LogP contribution in [0.3, 0.4) is 0 Å². The van der Waals surface area contributed by atoms with Gasteiger partial charge in [-0.25, -0.2) is 10.3 Å². The number of carboxylic acid groups (broad SMARTS) is 1. The van der Waals surface area contributed by atoms with E-state index >= 15 is 0 Å². The smallest absolute Gasteiger partial charge is 0.475 e. The summed E-state index contributed by atoms with van der Waals surface area (Å²) >= 11 is 0. The molecule has 1 heterocycles. The number of halogens is 3. The van der Waals surface area contributed by atoms with Crippen LogP contribution in [0.4, 0.5) is 18.9 Å². The molecule has 1 aliphatic carbocycles. The highest BCUT2D eigenvalue weighted by molar-refractivity contribution is 5.87. The van der Waals surface area contributed by atoms with Gasteiger partial charge in [0, 0.05) is 31.9 Å². The Morgan fingerprint density at radius 3 is 2.06 bits per heavy atom. The van der Waals surface area contributed by atoms with Crippen LogP contribution in [-0.2, 0) is 14.4 Å². The van der Waals surface area contributed by atoms with Crippen molar-refractivity contribution >= 4 is 23.5 Å². The van der Waals surface area contributed by atoms with Crippen molar-refractivity contribution < 1.29 is 43.0 Å². The first kappa shape index (κ1) is 28.4. The number of hydrogen-bond donors (Lipinski definition) is 4. The molecule has 2 aliphatic rings. The standard InChI is InChI=1S/C21H31N3O4.C2HF3O2/c1-15(2)21(27)9-8-17(18(14-21)19(25)22-28)20(26)24-12-10-23(11-13-24)16-6-4-3-5-7-16;3-2(4,5)1(6)7/h3-7,15,17-18,27-28H,8-14H2,1-2H3,(H,22,25);(H,6,7)/t17-,18-,21+;/m0./s1. The largest absolute Gasteiger partial charge is 0.490 e. The average molecular weight is 504 g/mol. The Labute approximate surface area is 201 Å². The summed E-state index contributed by atoms with van der Waals surface area (Å²) in [5.74, 6) is -4.63. The minimum absolute atomic E-state index is 0.0213. The highest BCUT2D eigenvalue weighted by Crippen LogP contribution is 2.41. The third kappa shape index (κ3) is 7.31. The van der Waals surface area contributed by atoms with Gasteiger partial charge >= 0.3 is 12.1 Å². The number of aliphatic carboxylic acids is 1. The molecule has 0 unspecified atom stereocenters. The molecule has 1 aromatic rings. The first-order valence-electron chi connectivity index (χ1n) is 11.4. The van der Waals surface area contributed by atoms with Crippen molar-refractivity contribution in [3.8, 4) is 0 Å². The monoisotopic (exact) mass is 503 g/mol. The van der Waals surface area contributed by atoms with E-state index in [1.54, 1.807) is 5.48 Å². The van der Waals surface area contributed by atoms with Gasteiger partial charge in [-0.15, -0.1) is 0 Å². The number of para-hydroxylation sites is 1. The van der Waals surface area contributed by atoms with E-state index in [0.717, 1.165) is 18.8 Å². The summed E-state index contributed by atoms with van der Waals surface area (Å²) in [6, 6.07) is 10.1. The fraction of sp³-hybridized carbons (Fsp3) is 0.609. The molecule has 0 bridgehead atoms. The number of hydroxylamine groups is 1. The van der Waals surface area contributed by atoms with Gasteiger partial charge in [0.15, 0.2) is 0 Å². The number of carbonyl (C=O) groups excluding carboxylic acids is 2. The molecule has 0 radical (unpaired) electrons. The molecule has 0 aromatic heterocycles. The van der Waals surface area contributed by atoms with Crippen molar-refractivity contribution in [1.82, 2.24) is 10.4 Å². The van der Waals surface area contributed by atoms with Crippen LogP contribution >= 0.6 is 0 Å². The predicted octanol–water partition coefficient (Wildman–Crippen LogP) is 2.28. The van der Waals surface area contributed by atoms with Crippen LogP contribution < -0.4 is 10.4 Å². The quantitative estimate of drug-likeness (QED) is 0.366. The van der Waals surface area contributed by atoms with Gasteiger partial charge in [-0.05, 0) is 37.3 Å². The molecule has 196 valence electrons. The van der Waals surface area contributed by atoms with Crippen molar-refractivity contribution in [1.29, 1.82) is 0 Å². The number of alkyl halides is 3. The van der Waals surface area contributed by atoms with E-state index in [2.05, 4.69) is 17.0 Å². The molecule has 2 fully saturated rings. The Morgan fingerprint density at radius 1 is 1.06 bits per heavy atom. The Morgan fingerprint density at radius 2 is 1.60 bits per heavy atom. The Kier molecular flexibility index (Phi) is 9.50. The number of carbonyl (C=O) groups is 3. The number of carboxylic acids is 1. The van der Waals surface area contributed by atoms with Crippen LogP contribution in [0.5, 0.6) is 0 Å². The lowest BCUT2D eigenvalue weighted by Crippen LogP contribution is -2.55. The Hall–Kier alpha value is -2.86. The van der Waals surface area contributed by atoms with Crippen molar-refractivity contribution in [2.24, 2.45) is 17.8 Å². The van der Waals surface area contributed by atoms with E-state index in [9.17, 15) is 27.9 Å². The summed E-state index contributed by atoms with van der Waals surface area (Å²) < 4.78 is 31.7. The van der Waals surface area contributed by atoms with Crippen LogP contribution in [0.1, 0.15) is 33.1 Å². The summed E-state index contributed by atoms with van der Waals surface area (Å²) in [4.78, 5) is 38.4. The second-order valence-corrected chi connectivity index (χ2v) is 9.14. The summed E-state index contributed by atoms with van der Waals surface area (Å²) in [7, 11) is 0. The lowest BCUT2D eigenvalue weighted by Gasteiger charge is -2.44. The zero-order valence-electron chi connectivity index (χ0n) is 19.7. The zero-order valence-corrected chi connectivity index (χ0v) is 19.7. The van der Waals surface area contributed by atoms with Crippen LogP contribution in [0, 0.1) is 17.8 Å². The van der Waals surface area contributed by atoms with Crippen molar-refractivity contribution in [3.05, 3.63) is 30.3 Å². The minimum Gasteiger partial charge on any atom is -0.475 e. The van der Waals surface area contributed by atoms with Crippen LogP contribution in [0.15, 0.2) is 30.3 Å². The number of aliphatic hydroxyl groups is 1. The molecule has 9 nitrogen and oxygen atoms in total. The summed E-state index contributed by atoms with van der Waals surface area (Å²) in [5, 5.41) is 27.1. The van der Waals surface area contributed by atoms with Gasteiger partial charge in [-0.2, -0.15) is 13.2 Å². The summed E-state index contributed by atoms with van der Waals surface area (Å²) in [6.45, 7) is 6.53. The third-order valence-electron chi connectivity index (χ3n) is 6.74. The number of hydrogen-bond acceptors (Lipinski definition) is 6. The van der Waals surface area contributed by atoms with Gasteiger partial charge in [-0.3, -0.25) is 14.8 Å². The number of amides is 2. The van der Waals surface area contributed by atoms with Crippen molar-refractivity contribution in [2.45, 2.75) is 44.9 Å². The number of benzene rings is 1. The summed E-state index contributed by atoms with van der Waals surface area (Å²) in [6.07, 6.45) is -3.96. The number of rotatable bonds is 4. The molecular weight excluding hydrogens is 471 g/mol. The molecule has 0 spiro atoms. The van der Waals surface area contributed by atoms with Gasteiger partial charge in [-0.1, -0.05) is 32.0 Å². The number of nitrogens with zero attached hydrogens (tertiary/aromatic N) is 2. The second kappa shape index (κ2) is 11.7. The molecule has 1 aromatic carbocycles. The van der Waals surface area contributed by atoms with E-state index in [0.29, 0.717) is 25.9 Å². The fourth-order valence-electron chi connectivity index (χ4n) is 4.47. The fourth-order valence-corrected chi connectivity index (χ4v) is 4.47. The van der Waals surface area contributed by atoms with Gasteiger partial charge in [0.2, 0.25) is 11.8 Å². The Balaban J connectivity index is 0.000000540. The maximum atomic E-state index is 13.2. The van der Waals surface area contributed by atoms with E-state index in [1.165, 1.54) is 0 Å². The first-order chi connectivity index (χ1) is 16.3. The van der Waals surface area contributed by atoms with Crippen LogP contribution in [0.25, 0.3) is 0 Å². The maximum absolute atomic E-state index is 13.2. The SMILES string of the molecule is CC(C)[C@@]1(O)CC[C@H](C(=O)N2CCN(c3ccccc3)CC2)[C@@H](C(=O)NO)C1.O=C(O)C(F)(F)F. The van der Waals surface area contributed by atoms with Crippen molar-refractivity contribution in [3.63, 3.8) is 0 Å². The van der Waals surface area contributed by atoms with Crippen molar-refractivity contribution in [2.75, 3.05) is 31.1 Å². The van der Waals surface area contributed by atoms with E-state index in [4.69, 9.17) is 15.1 Å². The zero-order chi connectivity index (χ0) is 26.4. The molecule has 3 atom stereocenters. The van der Waals surface area contributed by atoms with Gasteiger partial charge in [0.05, 0.1) is 17.4 Å². The van der Waals surface area contributed by atoms with Gasteiger partial charge in [0.1, 0.15) is 0 Å².